The van der Waals surface area contributed by atoms with Crippen LogP contribution in [0.25, 0.3) is 0 Å². The number of rotatable bonds is 4. The van der Waals surface area contributed by atoms with Gasteiger partial charge in [-0.25, -0.2) is 9.78 Å². The molecule has 1 aliphatic heterocycles. The summed E-state index contributed by atoms with van der Waals surface area (Å²) in [5, 5.41) is 15.2. The standard InChI is InChI=1S/C11H15N3O4S/c1-6-12-2-7(19-6)3-13-11(17)14-9-5-18-4-8(9)10(15)16/h2,8-9H,3-5H2,1H3,(H,15,16)(H2,13,14,17). The van der Waals surface area contributed by atoms with Gasteiger partial charge in [0.1, 0.15) is 5.92 Å². The average Bonchev–Trinajstić information content (AvgIpc) is 2.95. The summed E-state index contributed by atoms with van der Waals surface area (Å²) < 4.78 is 5.07. The van der Waals surface area contributed by atoms with Crippen molar-refractivity contribution in [3.8, 4) is 0 Å². The molecule has 0 aromatic carbocycles. The van der Waals surface area contributed by atoms with Crippen molar-refractivity contribution in [3.63, 3.8) is 0 Å². The Labute approximate surface area is 114 Å². The number of amides is 2. The van der Waals surface area contributed by atoms with Gasteiger partial charge < -0.3 is 20.5 Å². The number of ether oxygens (including phenoxy) is 1. The smallest absolute Gasteiger partial charge is 0.315 e. The summed E-state index contributed by atoms with van der Waals surface area (Å²) >= 11 is 1.51. The molecule has 0 radical (unpaired) electrons. The zero-order valence-corrected chi connectivity index (χ0v) is 11.2. The highest BCUT2D eigenvalue weighted by Crippen LogP contribution is 2.14. The number of hydrogen-bond donors (Lipinski definition) is 3. The molecule has 1 aromatic rings. The number of aliphatic carboxylic acids is 1. The molecule has 1 aliphatic rings. The summed E-state index contributed by atoms with van der Waals surface area (Å²) in [7, 11) is 0. The fraction of sp³-hybridized carbons (Fsp3) is 0.545. The van der Waals surface area contributed by atoms with E-state index >= 15 is 0 Å². The minimum absolute atomic E-state index is 0.133. The van der Waals surface area contributed by atoms with Crippen LogP contribution in [0.4, 0.5) is 4.79 Å². The van der Waals surface area contributed by atoms with E-state index in [2.05, 4.69) is 15.6 Å². The predicted octanol–water partition coefficient (Wildman–Crippen LogP) is 0.350. The van der Waals surface area contributed by atoms with E-state index in [0.717, 1.165) is 9.88 Å². The van der Waals surface area contributed by atoms with Crippen LogP contribution in [-0.4, -0.2) is 41.3 Å². The SMILES string of the molecule is Cc1ncc(CNC(=O)NC2COCC2C(=O)O)s1. The lowest BCUT2D eigenvalue weighted by molar-refractivity contribution is -0.142. The second kappa shape index (κ2) is 5.98. The van der Waals surface area contributed by atoms with E-state index in [9.17, 15) is 9.59 Å². The van der Waals surface area contributed by atoms with Crippen molar-refractivity contribution in [2.75, 3.05) is 13.2 Å². The van der Waals surface area contributed by atoms with E-state index in [1.807, 2.05) is 6.92 Å². The summed E-state index contributed by atoms with van der Waals surface area (Å²) in [5.74, 6) is -1.64. The molecule has 2 unspecified atom stereocenters. The third-order valence-electron chi connectivity index (χ3n) is 2.81. The molecule has 0 aliphatic carbocycles. The molecule has 2 amide bonds. The Morgan fingerprint density at radius 3 is 3.00 bits per heavy atom. The van der Waals surface area contributed by atoms with Crippen molar-refractivity contribution in [1.29, 1.82) is 0 Å². The number of carboxylic acid groups (broad SMARTS) is 1. The van der Waals surface area contributed by atoms with Crippen LogP contribution in [0.3, 0.4) is 0 Å². The number of nitrogens with one attached hydrogen (secondary N) is 2. The first kappa shape index (κ1) is 13.8. The zero-order chi connectivity index (χ0) is 13.8. The van der Waals surface area contributed by atoms with Gasteiger partial charge in [-0.15, -0.1) is 11.3 Å². The largest absolute Gasteiger partial charge is 0.481 e. The third kappa shape index (κ3) is 3.65. The van der Waals surface area contributed by atoms with E-state index in [0.29, 0.717) is 6.54 Å². The van der Waals surface area contributed by atoms with Gasteiger partial charge >= 0.3 is 12.0 Å². The number of carbonyl (C=O) groups is 2. The van der Waals surface area contributed by atoms with Crippen molar-refractivity contribution in [1.82, 2.24) is 15.6 Å². The van der Waals surface area contributed by atoms with Crippen LogP contribution >= 0.6 is 11.3 Å². The molecular weight excluding hydrogens is 270 g/mol. The summed E-state index contributed by atoms with van der Waals surface area (Å²) in [4.78, 5) is 27.6. The number of carbonyl (C=O) groups excluding carboxylic acids is 1. The summed E-state index contributed by atoms with van der Waals surface area (Å²) in [6, 6.07) is -0.881. The summed E-state index contributed by atoms with van der Waals surface area (Å²) in [6.45, 7) is 2.63. The van der Waals surface area contributed by atoms with E-state index in [-0.39, 0.29) is 13.2 Å². The van der Waals surface area contributed by atoms with Gasteiger partial charge in [0.2, 0.25) is 0 Å². The average molecular weight is 285 g/mol. The number of carboxylic acids is 1. The molecule has 1 saturated heterocycles. The first-order valence-electron chi connectivity index (χ1n) is 5.82. The lowest BCUT2D eigenvalue weighted by Crippen LogP contribution is -2.46. The Morgan fingerprint density at radius 1 is 1.58 bits per heavy atom. The second-order valence-corrected chi connectivity index (χ2v) is 5.58. The Morgan fingerprint density at radius 2 is 2.37 bits per heavy atom. The van der Waals surface area contributed by atoms with Crippen LogP contribution in [0.1, 0.15) is 9.88 Å². The maximum absolute atomic E-state index is 11.7. The van der Waals surface area contributed by atoms with Gasteiger partial charge in [-0.3, -0.25) is 4.79 Å². The van der Waals surface area contributed by atoms with Gasteiger partial charge in [0.25, 0.3) is 0 Å². The van der Waals surface area contributed by atoms with Crippen LogP contribution in [-0.2, 0) is 16.1 Å². The third-order valence-corrected chi connectivity index (χ3v) is 3.72. The molecule has 0 spiro atoms. The van der Waals surface area contributed by atoms with Crippen LogP contribution in [0.2, 0.25) is 0 Å². The van der Waals surface area contributed by atoms with Gasteiger partial charge in [0.15, 0.2) is 0 Å². The van der Waals surface area contributed by atoms with Crippen LogP contribution in [0.15, 0.2) is 6.20 Å². The molecule has 1 fully saturated rings. The predicted molar refractivity (Wildman–Crippen MR) is 68.0 cm³/mol. The molecule has 2 rings (SSSR count). The van der Waals surface area contributed by atoms with Crippen LogP contribution in [0.5, 0.6) is 0 Å². The molecular formula is C11H15N3O4S. The number of hydrogen-bond acceptors (Lipinski definition) is 5. The normalized spacial score (nSPS) is 22.2. The van der Waals surface area contributed by atoms with E-state index in [1.165, 1.54) is 11.3 Å². The monoisotopic (exact) mass is 285 g/mol. The van der Waals surface area contributed by atoms with Crippen LogP contribution in [0, 0.1) is 12.8 Å². The Kier molecular flexibility index (Phi) is 4.33. The van der Waals surface area contributed by atoms with Crippen molar-refractivity contribution >= 4 is 23.3 Å². The molecule has 0 saturated carbocycles. The second-order valence-electron chi connectivity index (χ2n) is 4.26. The number of aromatic nitrogens is 1. The number of aryl methyl sites for hydroxylation is 1. The number of nitrogens with zero attached hydrogens (tertiary/aromatic N) is 1. The molecule has 7 nitrogen and oxygen atoms in total. The highest BCUT2D eigenvalue weighted by atomic mass is 32.1. The van der Waals surface area contributed by atoms with Crippen molar-refractivity contribution in [3.05, 3.63) is 16.1 Å². The summed E-state index contributed by atoms with van der Waals surface area (Å²) in [6.07, 6.45) is 1.71. The minimum atomic E-state index is -0.958. The summed E-state index contributed by atoms with van der Waals surface area (Å²) in [5.41, 5.74) is 0. The van der Waals surface area contributed by atoms with E-state index < -0.39 is 24.0 Å². The fourth-order valence-corrected chi connectivity index (χ4v) is 2.55. The van der Waals surface area contributed by atoms with Crippen molar-refractivity contribution in [2.45, 2.75) is 19.5 Å². The molecule has 19 heavy (non-hydrogen) atoms. The van der Waals surface area contributed by atoms with Gasteiger partial charge in [-0.2, -0.15) is 0 Å². The maximum Gasteiger partial charge on any atom is 0.315 e. The molecule has 104 valence electrons. The minimum Gasteiger partial charge on any atom is -0.481 e. The highest BCUT2D eigenvalue weighted by molar-refractivity contribution is 7.11. The number of urea groups is 1. The molecule has 3 N–H and O–H groups in total. The van der Waals surface area contributed by atoms with Gasteiger partial charge in [-0.05, 0) is 6.92 Å². The molecule has 2 atom stereocenters. The van der Waals surface area contributed by atoms with E-state index in [1.54, 1.807) is 6.20 Å². The first-order chi connectivity index (χ1) is 9.06. The Hall–Kier alpha value is -1.67. The van der Waals surface area contributed by atoms with E-state index in [4.69, 9.17) is 9.84 Å². The molecule has 2 heterocycles. The van der Waals surface area contributed by atoms with Crippen molar-refractivity contribution < 1.29 is 19.4 Å². The fourth-order valence-electron chi connectivity index (χ4n) is 1.81. The van der Waals surface area contributed by atoms with Gasteiger partial charge in [0, 0.05) is 11.1 Å². The molecule has 1 aromatic heterocycles. The highest BCUT2D eigenvalue weighted by Gasteiger charge is 2.34. The first-order valence-corrected chi connectivity index (χ1v) is 6.64. The topological polar surface area (TPSA) is 101 Å². The lowest BCUT2D eigenvalue weighted by Gasteiger charge is -2.15. The van der Waals surface area contributed by atoms with Crippen LogP contribution < -0.4 is 10.6 Å². The quantitative estimate of drug-likeness (QED) is 0.741. The lowest BCUT2D eigenvalue weighted by atomic mass is 10.0. The zero-order valence-electron chi connectivity index (χ0n) is 10.4. The Balaban J connectivity index is 1.79. The number of thiazole rings is 1. The maximum atomic E-state index is 11.7. The molecule has 8 heteroatoms. The Bertz CT molecular complexity index is 476. The molecule has 0 bridgehead atoms. The van der Waals surface area contributed by atoms with Gasteiger partial charge in [0.05, 0.1) is 30.8 Å². The van der Waals surface area contributed by atoms with Gasteiger partial charge in [-0.1, -0.05) is 0 Å². The van der Waals surface area contributed by atoms with Crippen molar-refractivity contribution in [2.24, 2.45) is 5.92 Å².